The van der Waals surface area contributed by atoms with Crippen LogP contribution in [0.2, 0.25) is 0 Å². The minimum absolute atomic E-state index is 0.268. The number of carboxylic acid groups (broad SMARTS) is 2. The minimum Gasteiger partial charge on any atom is -0.478 e. The topological polar surface area (TPSA) is 74.6 Å². The Hall–Kier alpha value is -5.48. The van der Waals surface area contributed by atoms with E-state index in [9.17, 15) is 19.8 Å². The van der Waals surface area contributed by atoms with Gasteiger partial charge in [-0.2, -0.15) is 0 Å². The zero-order valence-electron chi connectivity index (χ0n) is 23.1. The molecule has 0 aliphatic heterocycles. The summed E-state index contributed by atoms with van der Waals surface area (Å²) in [7, 11) is 0. The van der Waals surface area contributed by atoms with Gasteiger partial charge >= 0.3 is 11.9 Å². The number of aromatic carboxylic acids is 2. The number of carbonyl (C=O) groups is 2. The highest BCUT2D eigenvalue weighted by molar-refractivity contribution is 6.28. The average molecular weight is 547 g/mol. The lowest BCUT2D eigenvalue weighted by molar-refractivity contribution is 0.0686. The van der Waals surface area contributed by atoms with Gasteiger partial charge in [-0.1, -0.05) is 109 Å². The van der Waals surface area contributed by atoms with Crippen molar-refractivity contribution < 1.29 is 19.8 Å². The highest BCUT2D eigenvalue weighted by Crippen LogP contribution is 2.49. The number of hydrogen-bond acceptors (Lipinski definition) is 2. The maximum absolute atomic E-state index is 12.9. The van der Waals surface area contributed by atoms with Crippen LogP contribution in [-0.4, -0.2) is 22.2 Å². The number of hydrogen-bond donors (Lipinski definition) is 2. The fraction of sp³-hybridized carbons (Fsp3) is 0.0526. The van der Waals surface area contributed by atoms with Gasteiger partial charge in [0, 0.05) is 11.1 Å². The Morgan fingerprint density at radius 3 is 1.02 bits per heavy atom. The van der Waals surface area contributed by atoms with Crippen molar-refractivity contribution in [1.29, 1.82) is 0 Å². The summed E-state index contributed by atoms with van der Waals surface area (Å²) in [5.74, 6) is -1.97. The molecule has 0 aromatic heterocycles. The Balaban J connectivity index is 1.78. The third-order valence-corrected chi connectivity index (χ3v) is 8.35. The Morgan fingerprint density at radius 2 is 0.714 bits per heavy atom. The molecule has 0 amide bonds. The van der Waals surface area contributed by atoms with Crippen LogP contribution in [0.25, 0.3) is 65.3 Å². The normalized spacial score (nSPS) is 11.5. The van der Waals surface area contributed by atoms with Crippen LogP contribution in [0.4, 0.5) is 0 Å². The van der Waals surface area contributed by atoms with Crippen LogP contribution in [0.15, 0.2) is 109 Å². The second-order valence-electron chi connectivity index (χ2n) is 10.8. The molecule has 4 nitrogen and oxygen atoms in total. The fourth-order valence-electron chi connectivity index (χ4n) is 6.71. The molecule has 0 spiro atoms. The van der Waals surface area contributed by atoms with Crippen LogP contribution in [0, 0.1) is 13.8 Å². The summed E-state index contributed by atoms with van der Waals surface area (Å²) < 4.78 is 0. The molecule has 0 saturated carbocycles. The maximum atomic E-state index is 12.9. The average Bonchev–Trinajstić information content (AvgIpc) is 2.98. The van der Waals surface area contributed by atoms with E-state index in [0.29, 0.717) is 22.3 Å². The van der Waals surface area contributed by atoms with Crippen molar-refractivity contribution in [2.75, 3.05) is 0 Å². The van der Waals surface area contributed by atoms with Gasteiger partial charge in [-0.05, 0) is 79.2 Å². The molecule has 42 heavy (non-hydrogen) atoms. The summed E-state index contributed by atoms with van der Waals surface area (Å²) in [5, 5.41) is 28.2. The molecule has 4 heteroatoms. The molecule has 0 bridgehead atoms. The van der Waals surface area contributed by atoms with E-state index in [-0.39, 0.29) is 11.1 Å². The first-order valence-electron chi connectivity index (χ1n) is 13.8. The standard InChI is InChI=1S/C38H26O4/c1-21-19-23-11-3-5-13-25(23)35(31(21)37(39)40)33-27-15-7-9-17-29(27)34(30-18-10-8-16-28(30)33)36-26-14-6-4-12-24(26)20-22(2)32(36)38(41)42/h3-20H,1-2H3,(H,39,40)(H,41,42). The highest BCUT2D eigenvalue weighted by atomic mass is 16.4. The first-order valence-corrected chi connectivity index (χ1v) is 13.8. The van der Waals surface area contributed by atoms with E-state index in [4.69, 9.17) is 0 Å². The minimum atomic E-state index is -0.983. The second-order valence-corrected chi connectivity index (χ2v) is 10.8. The van der Waals surface area contributed by atoms with Crippen LogP contribution in [0.1, 0.15) is 31.8 Å². The SMILES string of the molecule is Cc1cc2ccccc2c(-c2c3ccccc3c(-c3c(C(=O)O)c(C)cc4ccccc34)c3ccccc23)c1C(=O)O. The van der Waals surface area contributed by atoms with E-state index in [1.807, 2.05) is 123 Å². The molecular formula is C38H26O4. The van der Waals surface area contributed by atoms with Crippen molar-refractivity contribution in [1.82, 2.24) is 0 Å². The maximum Gasteiger partial charge on any atom is 0.336 e. The van der Waals surface area contributed by atoms with Gasteiger partial charge in [0.05, 0.1) is 11.1 Å². The van der Waals surface area contributed by atoms with Crippen molar-refractivity contribution in [2.45, 2.75) is 13.8 Å². The zero-order valence-corrected chi connectivity index (χ0v) is 23.1. The molecule has 202 valence electrons. The summed E-state index contributed by atoms with van der Waals surface area (Å²) >= 11 is 0. The number of rotatable bonds is 4. The number of aryl methyl sites for hydroxylation is 2. The summed E-state index contributed by atoms with van der Waals surface area (Å²) in [6, 6.07) is 35.5. The molecule has 0 atom stereocenters. The quantitative estimate of drug-likeness (QED) is 0.216. The molecule has 0 saturated heterocycles. The smallest absolute Gasteiger partial charge is 0.336 e. The Morgan fingerprint density at radius 1 is 0.429 bits per heavy atom. The lowest BCUT2D eigenvalue weighted by Gasteiger charge is -2.22. The van der Waals surface area contributed by atoms with E-state index in [2.05, 4.69) is 0 Å². The van der Waals surface area contributed by atoms with Gasteiger partial charge in [-0.25, -0.2) is 9.59 Å². The molecule has 7 aromatic rings. The van der Waals surface area contributed by atoms with Crippen LogP contribution in [0.5, 0.6) is 0 Å². The van der Waals surface area contributed by atoms with Gasteiger partial charge in [0.25, 0.3) is 0 Å². The van der Waals surface area contributed by atoms with Gasteiger partial charge in [-0.15, -0.1) is 0 Å². The van der Waals surface area contributed by atoms with Gasteiger partial charge in [0.15, 0.2) is 0 Å². The highest BCUT2D eigenvalue weighted by Gasteiger charge is 2.27. The van der Waals surface area contributed by atoms with Gasteiger partial charge in [0.1, 0.15) is 0 Å². The molecule has 7 aromatic carbocycles. The molecule has 0 radical (unpaired) electrons. The number of fused-ring (bicyclic) bond motifs is 4. The summed E-state index contributed by atoms with van der Waals surface area (Å²) in [6.07, 6.45) is 0. The molecule has 2 N–H and O–H groups in total. The zero-order chi connectivity index (χ0) is 29.1. The molecule has 0 aliphatic carbocycles. The Bertz CT molecular complexity index is 2060. The molecular weight excluding hydrogens is 520 g/mol. The number of carboxylic acids is 2. The summed E-state index contributed by atoms with van der Waals surface area (Å²) in [6.45, 7) is 3.69. The van der Waals surface area contributed by atoms with E-state index >= 15 is 0 Å². The Kier molecular flexibility index (Phi) is 5.80. The van der Waals surface area contributed by atoms with Crippen LogP contribution in [0.3, 0.4) is 0 Å². The van der Waals surface area contributed by atoms with E-state index < -0.39 is 11.9 Å². The van der Waals surface area contributed by atoms with Crippen LogP contribution in [-0.2, 0) is 0 Å². The lowest BCUT2D eigenvalue weighted by Crippen LogP contribution is -2.06. The molecule has 7 rings (SSSR count). The predicted molar refractivity (Wildman–Crippen MR) is 171 cm³/mol. The first-order chi connectivity index (χ1) is 20.4. The third kappa shape index (κ3) is 3.69. The van der Waals surface area contributed by atoms with Crippen molar-refractivity contribution >= 4 is 55.0 Å². The molecule has 0 fully saturated rings. The van der Waals surface area contributed by atoms with Crippen molar-refractivity contribution in [3.8, 4) is 22.3 Å². The van der Waals surface area contributed by atoms with Crippen molar-refractivity contribution in [3.63, 3.8) is 0 Å². The van der Waals surface area contributed by atoms with E-state index in [0.717, 1.165) is 54.2 Å². The van der Waals surface area contributed by atoms with Gasteiger partial charge in [-0.3, -0.25) is 0 Å². The summed E-state index contributed by atoms with van der Waals surface area (Å²) in [5.41, 5.74) is 4.91. The van der Waals surface area contributed by atoms with Crippen LogP contribution >= 0.6 is 0 Å². The first kappa shape index (κ1) is 25.5. The Labute approximate surface area is 242 Å². The van der Waals surface area contributed by atoms with Gasteiger partial charge in [0.2, 0.25) is 0 Å². The largest absolute Gasteiger partial charge is 0.478 e. The van der Waals surface area contributed by atoms with E-state index in [1.165, 1.54) is 0 Å². The monoisotopic (exact) mass is 546 g/mol. The van der Waals surface area contributed by atoms with Gasteiger partial charge < -0.3 is 10.2 Å². The second kappa shape index (κ2) is 9.57. The molecule has 0 unspecified atom stereocenters. The lowest BCUT2D eigenvalue weighted by atomic mass is 9.80. The number of benzene rings is 7. The van der Waals surface area contributed by atoms with Crippen LogP contribution < -0.4 is 0 Å². The van der Waals surface area contributed by atoms with Crippen molar-refractivity contribution in [2.24, 2.45) is 0 Å². The predicted octanol–water partition coefficient (Wildman–Crippen LogP) is 9.65. The van der Waals surface area contributed by atoms with E-state index in [1.54, 1.807) is 0 Å². The molecule has 0 heterocycles. The summed E-state index contributed by atoms with van der Waals surface area (Å²) in [4.78, 5) is 25.7. The fourth-order valence-corrected chi connectivity index (χ4v) is 6.71. The molecule has 0 aliphatic rings. The van der Waals surface area contributed by atoms with Crippen molar-refractivity contribution in [3.05, 3.63) is 131 Å². The third-order valence-electron chi connectivity index (χ3n) is 8.35.